The van der Waals surface area contributed by atoms with E-state index in [1.54, 1.807) is 24.3 Å². The second-order valence-electron chi connectivity index (χ2n) is 4.06. The third-order valence-electron chi connectivity index (χ3n) is 2.70. The third kappa shape index (κ3) is 2.38. The van der Waals surface area contributed by atoms with Crippen molar-refractivity contribution in [2.75, 3.05) is 0 Å². The summed E-state index contributed by atoms with van der Waals surface area (Å²) in [6, 6.07) is 12.0. The Kier molecular flexibility index (Phi) is 2.83. The Hall–Kier alpha value is -2.49. The van der Waals surface area contributed by atoms with E-state index in [1.165, 1.54) is 30.5 Å². The van der Waals surface area contributed by atoms with Crippen LogP contribution in [0.2, 0.25) is 0 Å². The average molecular weight is 257 g/mol. The molecule has 94 valence electrons. The molecule has 0 amide bonds. The van der Waals surface area contributed by atoms with Gasteiger partial charge in [0.05, 0.1) is 0 Å². The first-order valence-electron chi connectivity index (χ1n) is 5.70. The highest BCUT2D eigenvalue weighted by Crippen LogP contribution is 2.25. The molecule has 4 heteroatoms. The zero-order valence-electron chi connectivity index (χ0n) is 9.81. The first kappa shape index (κ1) is 11.6. The van der Waals surface area contributed by atoms with Crippen LogP contribution in [-0.2, 0) is 0 Å². The Morgan fingerprint density at radius 3 is 2.16 bits per heavy atom. The number of nitrogens with zero attached hydrogens (tertiary/aromatic N) is 1. The van der Waals surface area contributed by atoms with Crippen LogP contribution in [0.4, 0.5) is 8.78 Å². The second kappa shape index (κ2) is 4.65. The molecule has 0 aliphatic rings. The first-order valence-corrected chi connectivity index (χ1v) is 5.70. The molecule has 0 aliphatic heterocycles. The van der Waals surface area contributed by atoms with Crippen LogP contribution < -0.4 is 0 Å². The van der Waals surface area contributed by atoms with Gasteiger partial charge in [-0.05, 0) is 30.3 Å². The maximum atomic E-state index is 13.1. The van der Waals surface area contributed by atoms with Gasteiger partial charge in [-0.2, -0.15) is 0 Å². The van der Waals surface area contributed by atoms with E-state index >= 15 is 0 Å². The first-order chi connectivity index (χ1) is 9.22. The SMILES string of the molecule is Fc1cccc(-c2coc(-c3cccc(F)c3)n2)c1. The molecule has 3 aromatic rings. The van der Waals surface area contributed by atoms with Gasteiger partial charge >= 0.3 is 0 Å². The third-order valence-corrected chi connectivity index (χ3v) is 2.70. The number of rotatable bonds is 2. The summed E-state index contributed by atoms with van der Waals surface area (Å²) in [5.74, 6) is -0.394. The van der Waals surface area contributed by atoms with Crippen molar-refractivity contribution in [3.8, 4) is 22.7 Å². The normalized spacial score (nSPS) is 10.6. The molecule has 2 aromatic carbocycles. The maximum absolute atomic E-state index is 13.1. The molecule has 0 saturated carbocycles. The van der Waals surface area contributed by atoms with Crippen molar-refractivity contribution >= 4 is 0 Å². The minimum Gasteiger partial charge on any atom is -0.444 e. The molecule has 0 bridgehead atoms. The summed E-state index contributed by atoms with van der Waals surface area (Å²) in [6.07, 6.45) is 1.43. The van der Waals surface area contributed by atoms with Crippen LogP contribution in [0.3, 0.4) is 0 Å². The van der Waals surface area contributed by atoms with Crippen molar-refractivity contribution in [2.45, 2.75) is 0 Å². The fourth-order valence-corrected chi connectivity index (χ4v) is 1.81. The Morgan fingerprint density at radius 1 is 0.842 bits per heavy atom. The predicted molar refractivity (Wildman–Crippen MR) is 67.3 cm³/mol. The molecule has 0 spiro atoms. The molecule has 0 aliphatic carbocycles. The molecular weight excluding hydrogens is 248 g/mol. The lowest BCUT2D eigenvalue weighted by atomic mass is 10.2. The van der Waals surface area contributed by atoms with Gasteiger partial charge in [0, 0.05) is 11.1 Å². The Balaban J connectivity index is 2.00. The fourth-order valence-electron chi connectivity index (χ4n) is 1.81. The van der Waals surface area contributed by atoms with E-state index in [9.17, 15) is 8.78 Å². The largest absolute Gasteiger partial charge is 0.444 e. The van der Waals surface area contributed by atoms with Gasteiger partial charge in [0.2, 0.25) is 5.89 Å². The van der Waals surface area contributed by atoms with Crippen LogP contribution in [0.5, 0.6) is 0 Å². The van der Waals surface area contributed by atoms with Gasteiger partial charge in [-0.15, -0.1) is 0 Å². The quantitative estimate of drug-likeness (QED) is 0.684. The van der Waals surface area contributed by atoms with Crippen LogP contribution in [0.15, 0.2) is 59.2 Å². The molecule has 0 atom stereocenters. The lowest BCUT2D eigenvalue weighted by Gasteiger charge is -1.96. The number of benzene rings is 2. The average Bonchev–Trinajstić information content (AvgIpc) is 2.88. The zero-order valence-corrected chi connectivity index (χ0v) is 9.81. The lowest BCUT2D eigenvalue weighted by molar-refractivity contribution is 0.572. The van der Waals surface area contributed by atoms with Crippen LogP contribution in [0.1, 0.15) is 0 Å². The number of halogens is 2. The summed E-state index contributed by atoms with van der Waals surface area (Å²) in [5.41, 5.74) is 1.67. The molecule has 0 radical (unpaired) electrons. The molecule has 3 rings (SSSR count). The van der Waals surface area contributed by atoms with Gasteiger partial charge in [-0.25, -0.2) is 13.8 Å². The van der Waals surface area contributed by atoms with E-state index in [0.717, 1.165) is 0 Å². The van der Waals surface area contributed by atoms with Crippen molar-refractivity contribution in [2.24, 2.45) is 0 Å². The summed E-state index contributed by atoms with van der Waals surface area (Å²) in [4.78, 5) is 4.23. The monoisotopic (exact) mass is 257 g/mol. The molecule has 1 heterocycles. The van der Waals surface area contributed by atoms with Crippen LogP contribution >= 0.6 is 0 Å². The molecule has 19 heavy (non-hydrogen) atoms. The predicted octanol–water partition coefficient (Wildman–Crippen LogP) is 4.29. The molecule has 0 saturated heterocycles. The minimum atomic E-state index is -0.358. The number of aromatic nitrogens is 1. The van der Waals surface area contributed by atoms with Gasteiger partial charge < -0.3 is 4.42 Å². The molecule has 0 fully saturated rings. The van der Waals surface area contributed by atoms with E-state index in [0.29, 0.717) is 22.7 Å². The molecule has 0 unspecified atom stereocenters. The molecule has 0 N–H and O–H groups in total. The van der Waals surface area contributed by atoms with Crippen molar-refractivity contribution in [3.05, 3.63) is 66.4 Å². The summed E-state index contributed by atoms with van der Waals surface area (Å²) in [6.45, 7) is 0. The Labute approximate surface area is 108 Å². The van der Waals surface area contributed by atoms with Crippen LogP contribution in [0.25, 0.3) is 22.7 Å². The summed E-state index contributed by atoms with van der Waals surface area (Å²) in [5, 5.41) is 0. The number of hydrogen-bond donors (Lipinski definition) is 0. The smallest absolute Gasteiger partial charge is 0.226 e. The summed E-state index contributed by atoms with van der Waals surface area (Å²) in [7, 11) is 0. The maximum Gasteiger partial charge on any atom is 0.226 e. The van der Waals surface area contributed by atoms with Crippen molar-refractivity contribution < 1.29 is 13.2 Å². The van der Waals surface area contributed by atoms with E-state index < -0.39 is 0 Å². The summed E-state index contributed by atoms with van der Waals surface area (Å²) < 4.78 is 31.5. The molecule has 2 nitrogen and oxygen atoms in total. The van der Waals surface area contributed by atoms with Crippen molar-refractivity contribution in [1.82, 2.24) is 4.98 Å². The fraction of sp³-hybridized carbons (Fsp3) is 0. The Morgan fingerprint density at radius 2 is 1.47 bits per heavy atom. The molecule has 1 aromatic heterocycles. The highest BCUT2D eigenvalue weighted by Gasteiger charge is 2.09. The zero-order chi connectivity index (χ0) is 13.2. The molecular formula is C15H9F2NO. The second-order valence-corrected chi connectivity index (χ2v) is 4.06. The van der Waals surface area contributed by atoms with Gasteiger partial charge in [0.1, 0.15) is 23.6 Å². The van der Waals surface area contributed by atoms with E-state index in [1.807, 2.05) is 0 Å². The van der Waals surface area contributed by atoms with Crippen LogP contribution in [-0.4, -0.2) is 4.98 Å². The van der Waals surface area contributed by atoms with Crippen molar-refractivity contribution in [1.29, 1.82) is 0 Å². The van der Waals surface area contributed by atoms with Gasteiger partial charge in [0.25, 0.3) is 0 Å². The Bertz CT molecular complexity index is 661. The van der Waals surface area contributed by atoms with E-state index in [2.05, 4.69) is 4.98 Å². The standard InChI is InChI=1S/C15H9F2NO/c16-12-5-1-3-10(7-12)14-9-19-15(18-14)11-4-2-6-13(17)8-11/h1-9H. The minimum absolute atomic E-state index is 0.304. The highest BCUT2D eigenvalue weighted by atomic mass is 19.1. The number of hydrogen-bond acceptors (Lipinski definition) is 2. The van der Waals surface area contributed by atoms with E-state index in [4.69, 9.17) is 4.42 Å². The van der Waals surface area contributed by atoms with Crippen LogP contribution in [0, 0.1) is 11.6 Å². The highest BCUT2D eigenvalue weighted by molar-refractivity contribution is 5.62. The van der Waals surface area contributed by atoms with Gasteiger partial charge in [-0.1, -0.05) is 18.2 Å². The van der Waals surface area contributed by atoms with Gasteiger partial charge in [-0.3, -0.25) is 0 Å². The lowest BCUT2D eigenvalue weighted by Crippen LogP contribution is -1.82. The van der Waals surface area contributed by atoms with E-state index in [-0.39, 0.29) is 11.6 Å². The van der Waals surface area contributed by atoms with Gasteiger partial charge in [0.15, 0.2) is 0 Å². The summed E-state index contributed by atoms with van der Waals surface area (Å²) >= 11 is 0. The topological polar surface area (TPSA) is 26.0 Å². The van der Waals surface area contributed by atoms with Crippen molar-refractivity contribution in [3.63, 3.8) is 0 Å². The number of oxazole rings is 1.